The van der Waals surface area contributed by atoms with E-state index in [-0.39, 0.29) is 5.75 Å². The van der Waals surface area contributed by atoms with Crippen LogP contribution in [-0.2, 0) is 11.8 Å². The summed E-state index contributed by atoms with van der Waals surface area (Å²) in [5.74, 6) is -0.584. The fourth-order valence-corrected chi connectivity index (χ4v) is 1.94. The van der Waals surface area contributed by atoms with Crippen LogP contribution < -0.4 is 5.11 Å². The fourth-order valence-electron chi connectivity index (χ4n) is 1.32. The minimum Gasteiger partial charge on any atom is -0.549 e. The molecule has 0 aliphatic carbocycles. The molecule has 0 saturated carbocycles. The number of aromatic nitrogens is 4. The Kier molecular flexibility index (Phi) is 3.38. The normalized spacial score (nSPS) is 10.4. The predicted molar refractivity (Wildman–Crippen MR) is 60.0 cm³/mol. The van der Waals surface area contributed by atoms with Crippen LogP contribution in [0.2, 0.25) is 0 Å². The van der Waals surface area contributed by atoms with Gasteiger partial charge in [0.15, 0.2) is 11.0 Å². The molecular formula is C10H9N4O2S-. The van der Waals surface area contributed by atoms with E-state index in [4.69, 9.17) is 0 Å². The third-order valence-corrected chi connectivity index (χ3v) is 3.09. The lowest BCUT2D eigenvalue weighted by molar-refractivity contribution is -0.301. The van der Waals surface area contributed by atoms with Gasteiger partial charge in [-0.05, 0) is 12.1 Å². The Bertz CT molecular complexity index is 526. The van der Waals surface area contributed by atoms with Crippen molar-refractivity contribution in [3.63, 3.8) is 0 Å². The van der Waals surface area contributed by atoms with Gasteiger partial charge in [-0.1, -0.05) is 11.8 Å². The third-order valence-electron chi connectivity index (χ3n) is 2.09. The van der Waals surface area contributed by atoms with Gasteiger partial charge >= 0.3 is 0 Å². The van der Waals surface area contributed by atoms with Crippen molar-refractivity contribution in [1.29, 1.82) is 0 Å². The molecule has 6 nitrogen and oxygen atoms in total. The Hall–Kier alpha value is -1.89. The van der Waals surface area contributed by atoms with Crippen LogP contribution in [0.15, 0.2) is 29.7 Å². The molecule has 0 aliphatic heterocycles. The first-order chi connectivity index (χ1) is 8.18. The number of nitrogens with zero attached hydrogens (tertiary/aromatic N) is 4. The molecule has 0 saturated heterocycles. The van der Waals surface area contributed by atoms with Crippen LogP contribution >= 0.6 is 11.8 Å². The lowest BCUT2D eigenvalue weighted by Crippen LogP contribution is -2.24. The maximum absolute atomic E-state index is 10.4. The van der Waals surface area contributed by atoms with Gasteiger partial charge in [-0.15, -0.1) is 10.2 Å². The predicted octanol–water partition coefficient (Wildman–Crippen LogP) is -0.281. The van der Waals surface area contributed by atoms with Gasteiger partial charge in [0.2, 0.25) is 0 Å². The summed E-state index contributed by atoms with van der Waals surface area (Å²) in [5.41, 5.74) is 0.885. The zero-order chi connectivity index (χ0) is 12.3. The van der Waals surface area contributed by atoms with Crippen molar-refractivity contribution in [3.8, 4) is 11.4 Å². The van der Waals surface area contributed by atoms with E-state index < -0.39 is 5.97 Å². The van der Waals surface area contributed by atoms with E-state index in [1.165, 1.54) is 0 Å². The van der Waals surface area contributed by atoms with E-state index in [0.29, 0.717) is 11.0 Å². The van der Waals surface area contributed by atoms with Crippen molar-refractivity contribution in [3.05, 3.63) is 24.5 Å². The standard InChI is InChI=1S/C10H10N4O2S/c1-14-9(7-2-4-11-5-3-7)12-13-10(14)17-6-8(15)16/h2-5H,6H2,1H3,(H,15,16)/p-1. The van der Waals surface area contributed by atoms with Gasteiger partial charge in [-0.2, -0.15) is 0 Å². The second kappa shape index (κ2) is 4.96. The molecule has 0 aromatic carbocycles. The second-order valence-corrected chi connectivity index (χ2v) is 4.20. The molecular weight excluding hydrogens is 240 g/mol. The number of carbonyl (C=O) groups is 1. The molecule has 0 bridgehead atoms. The second-order valence-electron chi connectivity index (χ2n) is 3.26. The van der Waals surface area contributed by atoms with Gasteiger partial charge in [-0.25, -0.2) is 0 Å². The first kappa shape index (κ1) is 11.6. The topological polar surface area (TPSA) is 83.7 Å². The van der Waals surface area contributed by atoms with E-state index in [2.05, 4.69) is 15.2 Å². The molecule has 0 spiro atoms. The highest BCUT2D eigenvalue weighted by molar-refractivity contribution is 7.99. The third kappa shape index (κ3) is 2.62. The number of aliphatic carboxylic acids is 1. The fraction of sp³-hybridized carbons (Fsp3) is 0.200. The lowest BCUT2D eigenvalue weighted by atomic mass is 10.2. The molecule has 7 heteroatoms. The zero-order valence-electron chi connectivity index (χ0n) is 9.03. The molecule has 0 amide bonds. The SMILES string of the molecule is Cn1c(SCC(=O)[O-])nnc1-c1ccncc1. The Morgan fingerprint density at radius 3 is 2.76 bits per heavy atom. The summed E-state index contributed by atoms with van der Waals surface area (Å²) < 4.78 is 1.74. The Balaban J connectivity index is 2.24. The summed E-state index contributed by atoms with van der Waals surface area (Å²) in [6.45, 7) is 0. The lowest BCUT2D eigenvalue weighted by Gasteiger charge is -2.03. The molecule has 2 aromatic heterocycles. The Labute approximate surface area is 102 Å². The van der Waals surface area contributed by atoms with E-state index in [9.17, 15) is 9.90 Å². The van der Waals surface area contributed by atoms with Crippen LogP contribution in [-0.4, -0.2) is 31.5 Å². The maximum atomic E-state index is 10.4. The molecule has 2 aromatic rings. The molecule has 17 heavy (non-hydrogen) atoms. The first-order valence-electron chi connectivity index (χ1n) is 4.81. The highest BCUT2D eigenvalue weighted by Crippen LogP contribution is 2.21. The average Bonchev–Trinajstić information content (AvgIpc) is 2.69. The van der Waals surface area contributed by atoms with E-state index in [0.717, 1.165) is 17.3 Å². The summed E-state index contributed by atoms with van der Waals surface area (Å²) >= 11 is 1.08. The molecule has 88 valence electrons. The number of pyridine rings is 1. The molecule has 0 radical (unpaired) electrons. The zero-order valence-corrected chi connectivity index (χ0v) is 9.85. The Morgan fingerprint density at radius 2 is 2.12 bits per heavy atom. The highest BCUT2D eigenvalue weighted by Gasteiger charge is 2.10. The highest BCUT2D eigenvalue weighted by atomic mass is 32.2. The van der Waals surface area contributed by atoms with E-state index in [1.54, 1.807) is 24.0 Å². The van der Waals surface area contributed by atoms with Crippen LogP contribution in [0.4, 0.5) is 0 Å². The molecule has 0 N–H and O–H groups in total. The Morgan fingerprint density at radius 1 is 1.41 bits per heavy atom. The van der Waals surface area contributed by atoms with Crippen LogP contribution in [0, 0.1) is 0 Å². The largest absolute Gasteiger partial charge is 0.549 e. The van der Waals surface area contributed by atoms with Gasteiger partial charge in [0.25, 0.3) is 0 Å². The number of carboxylic acids is 1. The van der Waals surface area contributed by atoms with Crippen molar-refractivity contribution in [2.45, 2.75) is 5.16 Å². The van der Waals surface area contributed by atoms with Gasteiger partial charge in [-0.3, -0.25) is 4.98 Å². The smallest absolute Gasteiger partial charge is 0.191 e. The van der Waals surface area contributed by atoms with Gasteiger partial charge < -0.3 is 14.5 Å². The number of carbonyl (C=O) groups excluding carboxylic acids is 1. The molecule has 0 unspecified atom stereocenters. The number of hydrogen-bond acceptors (Lipinski definition) is 6. The molecule has 0 fully saturated rings. The summed E-state index contributed by atoms with van der Waals surface area (Å²) in [6.07, 6.45) is 3.33. The monoisotopic (exact) mass is 249 g/mol. The molecule has 2 rings (SSSR count). The summed E-state index contributed by atoms with van der Waals surface area (Å²) in [6, 6.07) is 3.63. The molecule has 0 aliphatic rings. The van der Waals surface area contributed by atoms with Gasteiger partial charge in [0.05, 0.1) is 5.97 Å². The quantitative estimate of drug-likeness (QED) is 0.693. The van der Waals surface area contributed by atoms with Gasteiger partial charge in [0.1, 0.15) is 0 Å². The van der Waals surface area contributed by atoms with Crippen molar-refractivity contribution < 1.29 is 9.90 Å². The first-order valence-corrected chi connectivity index (χ1v) is 5.79. The van der Waals surface area contributed by atoms with Crippen molar-refractivity contribution in [1.82, 2.24) is 19.7 Å². The van der Waals surface area contributed by atoms with Crippen LogP contribution in [0.3, 0.4) is 0 Å². The van der Waals surface area contributed by atoms with Crippen LogP contribution in [0.5, 0.6) is 0 Å². The number of hydrogen-bond donors (Lipinski definition) is 0. The van der Waals surface area contributed by atoms with Crippen LogP contribution in [0.1, 0.15) is 0 Å². The summed E-state index contributed by atoms with van der Waals surface area (Å²) in [4.78, 5) is 14.3. The average molecular weight is 249 g/mol. The minimum atomic E-state index is -1.12. The number of thioether (sulfide) groups is 1. The van der Waals surface area contributed by atoms with Gasteiger partial charge in [0, 0.05) is 30.8 Å². The number of rotatable bonds is 4. The number of carboxylic acid groups (broad SMARTS) is 1. The molecule has 0 atom stereocenters. The van der Waals surface area contributed by atoms with Crippen molar-refractivity contribution >= 4 is 17.7 Å². The van der Waals surface area contributed by atoms with E-state index >= 15 is 0 Å². The summed E-state index contributed by atoms with van der Waals surface area (Å²) in [5, 5.41) is 18.8. The maximum Gasteiger partial charge on any atom is 0.191 e. The summed E-state index contributed by atoms with van der Waals surface area (Å²) in [7, 11) is 1.79. The minimum absolute atomic E-state index is 0.137. The van der Waals surface area contributed by atoms with Crippen LogP contribution in [0.25, 0.3) is 11.4 Å². The van der Waals surface area contributed by atoms with Crippen molar-refractivity contribution in [2.24, 2.45) is 7.05 Å². The van der Waals surface area contributed by atoms with Crippen molar-refractivity contribution in [2.75, 3.05) is 5.75 Å². The van der Waals surface area contributed by atoms with E-state index in [1.807, 2.05) is 12.1 Å². The molecule has 2 heterocycles.